The Morgan fingerprint density at radius 3 is 2.00 bits per heavy atom. The van der Waals surface area contributed by atoms with Gasteiger partial charge in [0.05, 0.1) is 0 Å². The van der Waals surface area contributed by atoms with E-state index in [9.17, 15) is 0 Å². The van der Waals surface area contributed by atoms with Crippen LogP contribution < -0.4 is 0 Å². The quantitative estimate of drug-likeness (QED) is 0.455. The second kappa shape index (κ2) is 2.98. The molecule has 2 unspecified atom stereocenters. The maximum absolute atomic E-state index is 5.06. The minimum absolute atomic E-state index is 0.213. The fourth-order valence-electron chi connectivity index (χ4n) is 0.136. The highest BCUT2D eigenvalue weighted by atomic mass is 32.1. The van der Waals surface area contributed by atoms with Gasteiger partial charge in [0.25, 0.3) is 0 Å². The van der Waals surface area contributed by atoms with Crippen LogP contribution in [0, 0.1) is 18.3 Å². The van der Waals surface area contributed by atoms with E-state index in [-0.39, 0.29) is 11.2 Å². The SMILES string of the molecule is C#CC(C)C(C)[S]. The Hall–Kier alpha value is -0.0900. The van der Waals surface area contributed by atoms with Crippen LogP contribution in [0.3, 0.4) is 0 Å². The van der Waals surface area contributed by atoms with Gasteiger partial charge >= 0.3 is 0 Å². The highest BCUT2D eigenvalue weighted by Gasteiger charge is 2.01. The third-order valence-corrected chi connectivity index (χ3v) is 1.38. The van der Waals surface area contributed by atoms with Gasteiger partial charge in [0.1, 0.15) is 0 Å². The summed E-state index contributed by atoms with van der Waals surface area (Å²) in [5.74, 6) is 2.81. The molecular weight excluding hydrogens is 104 g/mol. The molecule has 0 rings (SSSR count). The lowest BCUT2D eigenvalue weighted by molar-refractivity contribution is 0.747. The predicted octanol–water partition coefficient (Wildman–Crippen LogP) is 1.84. The van der Waals surface area contributed by atoms with Crippen molar-refractivity contribution in [3.63, 3.8) is 0 Å². The third-order valence-electron chi connectivity index (χ3n) is 0.967. The lowest BCUT2D eigenvalue weighted by Crippen LogP contribution is -2.02. The molecule has 0 aliphatic heterocycles. The number of hydrogen-bond acceptors (Lipinski definition) is 0. The van der Waals surface area contributed by atoms with E-state index in [1.165, 1.54) is 0 Å². The zero-order valence-electron chi connectivity index (χ0n) is 4.64. The normalized spacial score (nSPS) is 17.4. The Bertz CT molecular complexity index is 78.7. The number of terminal acetylenes is 1. The van der Waals surface area contributed by atoms with Crippen molar-refractivity contribution >= 4 is 12.6 Å². The molecule has 7 heavy (non-hydrogen) atoms. The second-order valence-corrected chi connectivity index (χ2v) is 2.40. The average Bonchev–Trinajstić information content (AvgIpc) is 1.65. The van der Waals surface area contributed by atoms with Crippen molar-refractivity contribution < 1.29 is 0 Å². The first-order valence-corrected chi connectivity index (χ1v) is 2.77. The molecule has 39 valence electrons. The van der Waals surface area contributed by atoms with Crippen LogP contribution in [-0.4, -0.2) is 5.25 Å². The summed E-state index contributed by atoms with van der Waals surface area (Å²) in [4.78, 5) is 0. The summed E-state index contributed by atoms with van der Waals surface area (Å²) in [5.41, 5.74) is 0. The van der Waals surface area contributed by atoms with E-state index in [0.717, 1.165) is 0 Å². The molecule has 0 aliphatic carbocycles. The Balaban J connectivity index is 3.40. The fraction of sp³-hybridized carbons (Fsp3) is 0.667. The molecule has 1 radical (unpaired) electrons. The molecule has 0 bridgehead atoms. The standard InChI is InChI=1S/C6H9S/c1-4-5(2)6(3)7/h1,5-6H,2-3H3. The highest BCUT2D eigenvalue weighted by Crippen LogP contribution is 2.05. The molecule has 0 nitrogen and oxygen atoms in total. The molecule has 0 fully saturated rings. The van der Waals surface area contributed by atoms with Crippen molar-refractivity contribution in [1.82, 2.24) is 0 Å². The van der Waals surface area contributed by atoms with Gasteiger partial charge in [0.15, 0.2) is 0 Å². The summed E-state index contributed by atoms with van der Waals surface area (Å²) in [7, 11) is 0. The maximum Gasteiger partial charge on any atom is 0.0296 e. The third kappa shape index (κ3) is 2.59. The zero-order valence-corrected chi connectivity index (χ0v) is 5.46. The summed E-state index contributed by atoms with van der Waals surface area (Å²) >= 11 is 4.86. The van der Waals surface area contributed by atoms with Gasteiger partial charge < -0.3 is 0 Å². The Labute approximate surface area is 50.7 Å². The van der Waals surface area contributed by atoms with Crippen LogP contribution in [0.4, 0.5) is 0 Å². The van der Waals surface area contributed by atoms with Gasteiger partial charge in [-0.15, -0.1) is 12.3 Å². The Kier molecular flexibility index (Phi) is 2.95. The van der Waals surface area contributed by atoms with E-state index in [1.807, 2.05) is 13.8 Å². The van der Waals surface area contributed by atoms with Crippen LogP contribution in [-0.2, 0) is 0 Å². The minimum atomic E-state index is 0.213. The maximum atomic E-state index is 5.06. The molecule has 0 saturated carbocycles. The van der Waals surface area contributed by atoms with Gasteiger partial charge in [-0.1, -0.05) is 26.5 Å². The molecule has 0 saturated heterocycles. The van der Waals surface area contributed by atoms with Gasteiger partial charge in [-0.25, -0.2) is 0 Å². The van der Waals surface area contributed by atoms with Crippen LogP contribution in [0.5, 0.6) is 0 Å². The second-order valence-electron chi connectivity index (χ2n) is 1.66. The summed E-state index contributed by atoms with van der Waals surface area (Å²) < 4.78 is 0. The van der Waals surface area contributed by atoms with Crippen LogP contribution in [0.2, 0.25) is 0 Å². The Morgan fingerprint density at radius 1 is 1.57 bits per heavy atom. The van der Waals surface area contributed by atoms with Gasteiger partial charge in [-0.2, -0.15) is 0 Å². The molecular formula is C6H9S. The van der Waals surface area contributed by atoms with E-state index in [1.54, 1.807) is 0 Å². The summed E-state index contributed by atoms with van der Waals surface area (Å²) in [6.07, 6.45) is 5.06. The van der Waals surface area contributed by atoms with E-state index in [4.69, 9.17) is 19.1 Å². The molecule has 0 N–H and O–H groups in total. The van der Waals surface area contributed by atoms with E-state index in [0.29, 0.717) is 0 Å². The first-order chi connectivity index (χ1) is 3.18. The minimum Gasteiger partial charge on any atom is -0.120 e. The lowest BCUT2D eigenvalue weighted by Gasteiger charge is -2.02. The van der Waals surface area contributed by atoms with Gasteiger partial charge in [0, 0.05) is 11.2 Å². The predicted molar refractivity (Wildman–Crippen MR) is 35.0 cm³/mol. The molecule has 1 heteroatoms. The highest BCUT2D eigenvalue weighted by molar-refractivity contribution is 7.80. The molecule has 0 aliphatic rings. The topological polar surface area (TPSA) is 0 Å². The van der Waals surface area contributed by atoms with Crippen LogP contribution in [0.15, 0.2) is 0 Å². The van der Waals surface area contributed by atoms with Crippen molar-refractivity contribution in [3.8, 4) is 12.3 Å². The Morgan fingerprint density at radius 2 is 2.00 bits per heavy atom. The molecule has 0 aromatic rings. The first kappa shape index (κ1) is 6.91. The van der Waals surface area contributed by atoms with Crippen molar-refractivity contribution in [3.05, 3.63) is 0 Å². The van der Waals surface area contributed by atoms with E-state index >= 15 is 0 Å². The van der Waals surface area contributed by atoms with E-state index in [2.05, 4.69) is 5.92 Å². The van der Waals surface area contributed by atoms with Crippen LogP contribution >= 0.6 is 12.6 Å². The van der Waals surface area contributed by atoms with Crippen molar-refractivity contribution in [2.24, 2.45) is 5.92 Å². The first-order valence-electron chi connectivity index (χ1n) is 2.30. The average molecular weight is 113 g/mol. The number of hydrogen-bond donors (Lipinski definition) is 0. The van der Waals surface area contributed by atoms with Gasteiger partial charge in [-0.3, -0.25) is 0 Å². The fourth-order valence-corrected chi connectivity index (χ4v) is 0.214. The van der Waals surface area contributed by atoms with E-state index < -0.39 is 0 Å². The van der Waals surface area contributed by atoms with Crippen molar-refractivity contribution in [1.29, 1.82) is 0 Å². The monoisotopic (exact) mass is 113 g/mol. The smallest absolute Gasteiger partial charge is 0.0296 e. The van der Waals surface area contributed by atoms with Gasteiger partial charge in [-0.05, 0) is 0 Å². The summed E-state index contributed by atoms with van der Waals surface area (Å²) in [5, 5.41) is 0.213. The molecule has 0 spiro atoms. The molecule has 0 heterocycles. The lowest BCUT2D eigenvalue weighted by atomic mass is 10.1. The van der Waals surface area contributed by atoms with Crippen LogP contribution in [0.1, 0.15) is 13.8 Å². The summed E-state index contributed by atoms with van der Waals surface area (Å²) in [6, 6.07) is 0. The molecule has 0 aromatic carbocycles. The van der Waals surface area contributed by atoms with Gasteiger partial charge in [0.2, 0.25) is 0 Å². The summed E-state index contributed by atoms with van der Waals surface area (Å²) in [6.45, 7) is 3.90. The largest absolute Gasteiger partial charge is 0.120 e. The van der Waals surface area contributed by atoms with Crippen molar-refractivity contribution in [2.45, 2.75) is 19.1 Å². The molecule has 0 aromatic heterocycles. The van der Waals surface area contributed by atoms with Crippen LogP contribution in [0.25, 0.3) is 0 Å². The molecule has 0 amide bonds. The zero-order chi connectivity index (χ0) is 5.86. The number of rotatable bonds is 1. The molecule has 2 atom stereocenters. The van der Waals surface area contributed by atoms with Crippen molar-refractivity contribution in [2.75, 3.05) is 0 Å².